The van der Waals surface area contributed by atoms with Gasteiger partial charge in [-0.05, 0) is 23.7 Å². The van der Waals surface area contributed by atoms with Crippen LogP contribution >= 0.6 is 0 Å². The molecule has 1 heterocycles. The molecule has 4 atom stereocenters. The number of aliphatic hydroxyl groups excluding tert-OH is 1. The van der Waals surface area contributed by atoms with Gasteiger partial charge in [0.25, 0.3) is 0 Å². The van der Waals surface area contributed by atoms with Crippen LogP contribution in [0.4, 0.5) is 0 Å². The van der Waals surface area contributed by atoms with E-state index in [-0.39, 0.29) is 23.0 Å². The normalized spacial score (nSPS) is 24.1. The first-order chi connectivity index (χ1) is 10.7. The summed E-state index contributed by atoms with van der Waals surface area (Å²) >= 11 is 0. The molecule has 1 aromatic carbocycles. The molecule has 2 rings (SSSR count). The van der Waals surface area contributed by atoms with Crippen molar-refractivity contribution in [2.45, 2.75) is 63.0 Å². The van der Waals surface area contributed by atoms with E-state index in [0.29, 0.717) is 6.61 Å². The minimum atomic E-state index is -1.73. The van der Waals surface area contributed by atoms with Gasteiger partial charge >= 0.3 is 0 Å². The van der Waals surface area contributed by atoms with Crippen molar-refractivity contribution in [1.29, 1.82) is 0 Å². The molecule has 0 bridgehead atoms. The molecule has 1 aromatic rings. The zero-order valence-electron chi connectivity index (χ0n) is 15.0. The predicted molar refractivity (Wildman–Crippen MR) is 99.2 cm³/mol. The highest BCUT2D eigenvalue weighted by Crippen LogP contribution is 2.37. The molecular weight excluding hydrogens is 302 g/mol. The molecule has 3 nitrogen and oxygen atoms in total. The van der Waals surface area contributed by atoms with Crippen LogP contribution in [0, 0.1) is 0 Å². The SMILES string of the molecule is C=C[C@@H](c1ccccc1)[C@H](O)[C@H]1N[C@@H]1CO[Si](C)(C)C(C)(C)C. The Morgan fingerprint density at radius 3 is 2.43 bits per heavy atom. The molecule has 1 fully saturated rings. The summed E-state index contributed by atoms with van der Waals surface area (Å²) in [5.41, 5.74) is 1.10. The van der Waals surface area contributed by atoms with Crippen LogP contribution in [0.5, 0.6) is 0 Å². The van der Waals surface area contributed by atoms with E-state index in [1.165, 1.54) is 0 Å². The van der Waals surface area contributed by atoms with E-state index in [2.05, 4.69) is 45.8 Å². The highest BCUT2D eigenvalue weighted by atomic mass is 28.4. The molecule has 0 saturated carbocycles. The van der Waals surface area contributed by atoms with Gasteiger partial charge in [-0.2, -0.15) is 0 Å². The van der Waals surface area contributed by atoms with Gasteiger partial charge in [0.2, 0.25) is 0 Å². The average Bonchev–Trinajstić information content (AvgIpc) is 3.25. The van der Waals surface area contributed by atoms with Gasteiger partial charge in [0.05, 0.1) is 18.8 Å². The number of rotatable bonds is 7. The summed E-state index contributed by atoms with van der Waals surface area (Å²) in [4.78, 5) is 0. The lowest BCUT2D eigenvalue weighted by atomic mass is 9.91. The summed E-state index contributed by atoms with van der Waals surface area (Å²) in [6.07, 6.45) is 1.37. The maximum absolute atomic E-state index is 10.7. The summed E-state index contributed by atoms with van der Waals surface area (Å²) in [7, 11) is -1.73. The Kier molecular flexibility index (Phi) is 5.51. The third-order valence-corrected chi connectivity index (χ3v) is 9.84. The van der Waals surface area contributed by atoms with Crippen molar-refractivity contribution < 1.29 is 9.53 Å². The van der Waals surface area contributed by atoms with Gasteiger partial charge in [0, 0.05) is 12.0 Å². The number of nitrogens with one attached hydrogen (secondary N) is 1. The molecule has 23 heavy (non-hydrogen) atoms. The smallest absolute Gasteiger partial charge is 0.192 e. The fraction of sp³-hybridized carbons (Fsp3) is 0.579. The molecule has 0 unspecified atom stereocenters. The van der Waals surface area contributed by atoms with E-state index >= 15 is 0 Å². The average molecular weight is 334 g/mol. The Labute approximate surface area is 141 Å². The van der Waals surface area contributed by atoms with Crippen molar-refractivity contribution in [3.05, 3.63) is 48.6 Å². The predicted octanol–water partition coefficient (Wildman–Crippen LogP) is 3.68. The van der Waals surface area contributed by atoms with Crippen molar-refractivity contribution in [3.63, 3.8) is 0 Å². The van der Waals surface area contributed by atoms with Gasteiger partial charge in [-0.15, -0.1) is 6.58 Å². The van der Waals surface area contributed by atoms with E-state index in [9.17, 15) is 5.11 Å². The molecule has 1 aliphatic rings. The summed E-state index contributed by atoms with van der Waals surface area (Å²) in [6, 6.07) is 10.4. The van der Waals surface area contributed by atoms with Crippen molar-refractivity contribution in [3.8, 4) is 0 Å². The van der Waals surface area contributed by atoms with Crippen LogP contribution < -0.4 is 5.32 Å². The Hall–Kier alpha value is -0.943. The van der Waals surface area contributed by atoms with E-state index in [4.69, 9.17) is 4.43 Å². The first-order valence-corrected chi connectivity index (χ1v) is 11.3. The van der Waals surface area contributed by atoms with E-state index < -0.39 is 14.4 Å². The largest absolute Gasteiger partial charge is 0.415 e. The Morgan fingerprint density at radius 2 is 1.91 bits per heavy atom. The Bertz CT molecular complexity index is 524. The molecule has 1 aliphatic heterocycles. The molecule has 0 aliphatic carbocycles. The lowest BCUT2D eigenvalue weighted by Crippen LogP contribution is -2.42. The molecule has 1 saturated heterocycles. The van der Waals surface area contributed by atoms with Crippen LogP contribution in [0.15, 0.2) is 43.0 Å². The molecule has 0 spiro atoms. The van der Waals surface area contributed by atoms with Crippen molar-refractivity contribution in [2.24, 2.45) is 0 Å². The zero-order chi connectivity index (χ0) is 17.3. The number of aliphatic hydroxyl groups is 1. The Balaban J connectivity index is 1.91. The lowest BCUT2D eigenvalue weighted by Gasteiger charge is -2.36. The fourth-order valence-electron chi connectivity index (χ4n) is 2.57. The summed E-state index contributed by atoms with van der Waals surface area (Å²) in [6.45, 7) is 15.8. The molecule has 0 amide bonds. The van der Waals surface area contributed by atoms with E-state index in [1.54, 1.807) is 0 Å². The minimum absolute atomic E-state index is 0.0495. The number of hydrogen-bond donors (Lipinski definition) is 2. The quantitative estimate of drug-likeness (QED) is 0.455. The molecule has 4 heteroatoms. The van der Waals surface area contributed by atoms with Crippen LogP contribution in [0.3, 0.4) is 0 Å². The number of hydrogen-bond acceptors (Lipinski definition) is 3. The van der Waals surface area contributed by atoms with Crippen LogP contribution in [0.25, 0.3) is 0 Å². The van der Waals surface area contributed by atoms with Gasteiger partial charge < -0.3 is 14.8 Å². The highest BCUT2D eigenvalue weighted by Gasteiger charge is 2.46. The second kappa shape index (κ2) is 6.89. The minimum Gasteiger partial charge on any atom is -0.415 e. The van der Waals surface area contributed by atoms with Crippen LogP contribution in [-0.2, 0) is 4.43 Å². The molecule has 128 valence electrons. The van der Waals surface area contributed by atoms with E-state index in [0.717, 1.165) is 5.56 Å². The van der Waals surface area contributed by atoms with Gasteiger partial charge in [-0.1, -0.05) is 57.2 Å². The van der Waals surface area contributed by atoms with Gasteiger partial charge in [-0.3, -0.25) is 0 Å². The van der Waals surface area contributed by atoms with Crippen LogP contribution in [-0.4, -0.2) is 38.2 Å². The van der Waals surface area contributed by atoms with E-state index in [1.807, 2.05) is 36.4 Å². The van der Waals surface area contributed by atoms with Crippen molar-refractivity contribution in [1.82, 2.24) is 5.32 Å². The maximum Gasteiger partial charge on any atom is 0.192 e. The van der Waals surface area contributed by atoms with Crippen LogP contribution in [0.2, 0.25) is 18.1 Å². The monoisotopic (exact) mass is 333 g/mol. The Morgan fingerprint density at radius 1 is 1.30 bits per heavy atom. The van der Waals surface area contributed by atoms with Crippen molar-refractivity contribution in [2.75, 3.05) is 6.61 Å². The summed E-state index contributed by atoms with van der Waals surface area (Å²) in [5, 5.41) is 14.3. The molecular formula is C19H31NO2Si. The summed E-state index contributed by atoms with van der Waals surface area (Å²) < 4.78 is 6.26. The topological polar surface area (TPSA) is 51.4 Å². The van der Waals surface area contributed by atoms with Gasteiger partial charge in [0.15, 0.2) is 8.32 Å². The standard InChI is InChI=1S/C19H31NO2Si/c1-7-15(14-11-9-8-10-12-14)18(21)17-16(20-17)13-22-23(5,6)19(2,3)4/h7-12,15-18,20-21H,1,13H2,2-6H3/t15-,16+,17-,18-/m0/s1. The third kappa shape index (κ3) is 4.32. The fourth-order valence-corrected chi connectivity index (χ4v) is 3.60. The molecule has 0 radical (unpaired) electrons. The second-order valence-electron chi connectivity index (χ2n) is 8.03. The summed E-state index contributed by atoms with van der Waals surface area (Å²) in [5.74, 6) is -0.0495. The van der Waals surface area contributed by atoms with Crippen LogP contribution in [0.1, 0.15) is 32.3 Å². The van der Waals surface area contributed by atoms with Gasteiger partial charge in [-0.25, -0.2) is 0 Å². The van der Waals surface area contributed by atoms with Crippen molar-refractivity contribution >= 4 is 8.32 Å². The first kappa shape index (κ1) is 18.4. The zero-order valence-corrected chi connectivity index (χ0v) is 16.0. The third-order valence-electron chi connectivity index (χ3n) is 5.34. The molecule has 0 aromatic heterocycles. The molecule has 2 N–H and O–H groups in total. The maximum atomic E-state index is 10.7. The first-order valence-electron chi connectivity index (χ1n) is 8.43. The lowest BCUT2D eigenvalue weighted by molar-refractivity contribution is 0.151. The van der Waals surface area contributed by atoms with Gasteiger partial charge in [0.1, 0.15) is 0 Å². The highest BCUT2D eigenvalue weighted by molar-refractivity contribution is 6.74. The second-order valence-corrected chi connectivity index (χ2v) is 12.8. The number of benzene rings is 1.